The summed E-state index contributed by atoms with van der Waals surface area (Å²) in [6.07, 6.45) is 6.50. The SMILES string of the molecule is O=C(c1c[nH]n2c(=O)ccnc12)N1C2CCC1CC(O)(Cc1ccccc1)C2. The van der Waals surface area contributed by atoms with Gasteiger partial charge in [0, 0.05) is 37.0 Å². The quantitative estimate of drug-likeness (QED) is 0.727. The van der Waals surface area contributed by atoms with Gasteiger partial charge in [0.2, 0.25) is 0 Å². The third-order valence-corrected chi connectivity index (χ3v) is 6.12. The predicted molar refractivity (Wildman–Crippen MR) is 103 cm³/mol. The van der Waals surface area contributed by atoms with Crippen molar-refractivity contribution >= 4 is 11.6 Å². The molecule has 144 valence electrons. The Kier molecular flexibility index (Phi) is 3.87. The van der Waals surface area contributed by atoms with Gasteiger partial charge in [0.25, 0.3) is 11.5 Å². The zero-order valence-electron chi connectivity index (χ0n) is 15.4. The van der Waals surface area contributed by atoms with Crippen molar-refractivity contribution in [2.75, 3.05) is 0 Å². The van der Waals surface area contributed by atoms with Crippen LogP contribution in [0.5, 0.6) is 0 Å². The second kappa shape index (κ2) is 6.31. The van der Waals surface area contributed by atoms with E-state index in [9.17, 15) is 14.7 Å². The van der Waals surface area contributed by atoms with Crippen LogP contribution in [-0.4, -0.2) is 48.2 Å². The normalized spacial score (nSPS) is 26.7. The number of aromatic amines is 1. The van der Waals surface area contributed by atoms with Gasteiger partial charge < -0.3 is 10.0 Å². The minimum absolute atomic E-state index is 0.00495. The van der Waals surface area contributed by atoms with Crippen LogP contribution in [0.15, 0.2) is 53.6 Å². The Hall–Kier alpha value is -2.93. The summed E-state index contributed by atoms with van der Waals surface area (Å²) in [6, 6.07) is 11.4. The maximum absolute atomic E-state index is 13.3. The van der Waals surface area contributed by atoms with E-state index < -0.39 is 5.60 Å². The molecule has 2 atom stereocenters. The van der Waals surface area contributed by atoms with Gasteiger partial charge in [-0.1, -0.05) is 30.3 Å². The van der Waals surface area contributed by atoms with E-state index in [2.05, 4.69) is 10.1 Å². The molecule has 1 aromatic carbocycles. The van der Waals surface area contributed by atoms with Crippen LogP contribution in [0.1, 0.15) is 41.6 Å². The van der Waals surface area contributed by atoms with Crippen molar-refractivity contribution in [2.45, 2.75) is 49.8 Å². The fraction of sp³-hybridized carbons (Fsp3) is 0.381. The molecule has 0 radical (unpaired) electrons. The lowest BCUT2D eigenvalue weighted by atomic mass is 9.81. The first kappa shape index (κ1) is 17.2. The summed E-state index contributed by atoms with van der Waals surface area (Å²) in [5.74, 6) is -0.119. The molecule has 7 heteroatoms. The van der Waals surface area contributed by atoms with Gasteiger partial charge in [0.1, 0.15) is 5.56 Å². The van der Waals surface area contributed by atoms with E-state index in [4.69, 9.17) is 0 Å². The molecule has 2 N–H and O–H groups in total. The van der Waals surface area contributed by atoms with Crippen molar-refractivity contribution < 1.29 is 9.90 Å². The lowest BCUT2D eigenvalue weighted by molar-refractivity contribution is -0.0426. The fourth-order valence-corrected chi connectivity index (χ4v) is 4.99. The second-order valence-corrected chi connectivity index (χ2v) is 8.02. The van der Waals surface area contributed by atoms with Crippen LogP contribution in [0.3, 0.4) is 0 Å². The molecule has 2 aliphatic heterocycles. The number of carbonyl (C=O) groups excluding carboxylic acids is 1. The number of nitrogens with one attached hydrogen (secondary N) is 1. The Balaban J connectivity index is 1.41. The molecule has 2 fully saturated rings. The van der Waals surface area contributed by atoms with E-state index in [1.165, 1.54) is 16.8 Å². The Morgan fingerprint density at radius 1 is 1.18 bits per heavy atom. The van der Waals surface area contributed by atoms with Crippen molar-refractivity contribution in [3.63, 3.8) is 0 Å². The maximum Gasteiger partial charge on any atom is 0.272 e. The first-order valence-corrected chi connectivity index (χ1v) is 9.68. The van der Waals surface area contributed by atoms with E-state index in [1.807, 2.05) is 35.2 Å². The summed E-state index contributed by atoms with van der Waals surface area (Å²) in [7, 11) is 0. The van der Waals surface area contributed by atoms with Crippen LogP contribution in [0.4, 0.5) is 0 Å². The predicted octanol–water partition coefficient (Wildman–Crippen LogP) is 1.76. The number of piperidine rings is 1. The molecule has 3 aromatic rings. The molecular formula is C21H22N4O3. The third-order valence-electron chi connectivity index (χ3n) is 6.12. The molecule has 0 aliphatic carbocycles. The van der Waals surface area contributed by atoms with Crippen LogP contribution in [-0.2, 0) is 6.42 Å². The number of H-pyrrole nitrogens is 1. The lowest BCUT2D eigenvalue weighted by Crippen LogP contribution is -2.54. The monoisotopic (exact) mass is 378 g/mol. The summed E-state index contributed by atoms with van der Waals surface area (Å²) < 4.78 is 1.28. The number of nitrogens with zero attached hydrogens (tertiary/aromatic N) is 3. The number of rotatable bonds is 3. The van der Waals surface area contributed by atoms with Crippen molar-refractivity contribution in [3.8, 4) is 0 Å². The first-order valence-electron chi connectivity index (χ1n) is 9.68. The van der Waals surface area contributed by atoms with Gasteiger partial charge >= 0.3 is 0 Å². The summed E-state index contributed by atoms with van der Waals surface area (Å²) in [5.41, 5.74) is 0.830. The smallest absolute Gasteiger partial charge is 0.272 e. The molecule has 7 nitrogen and oxygen atoms in total. The van der Waals surface area contributed by atoms with Crippen molar-refractivity contribution in [1.29, 1.82) is 0 Å². The molecule has 5 rings (SSSR count). The molecule has 2 saturated heterocycles. The molecule has 2 aliphatic rings. The molecule has 2 unspecified atom stereocenters. The van der Waals surface area contributed by atoms with Crippen molar-refractivity contribution in [2.24, 2.45) is 0 Å². The summed E-state index contributed by atoms with van der Waals surface area (Å²) in [4.78, 5) is 31.3. The van der Waals surface area contributed by atoms with Gasteiger partial charge in [-0.25, -0.2) is 9.50 Å². The number of aliphatic hydroxyl groups is 1. The number of carbonyl (C=O) groups is 1. The number of benzene rings is 1. The number of hydrogen-bond acceptors (Lipinski definition) is 4. The molecule has 28 heavy (non-hydrogen) atoms. The van der Waals surface area contributed by atoms with Crippen LogP contribution in [0, 0.1) is 0 Å². The van der Waals surface area contributed by atoms with E-state index in [0.717, 1.165) is 18.4 Å². The van der Waals surface area contributed by atoms with Gasteiger partial charge in [0.05, 0.1) is 5.60 Å². The highest BCUT2D eigenvalue weighted by atomic mass is 16.3. The maximum atomic E-state index is 13.3. The second-order valence-electron chi connectivity index (χ2n) is 8.02. The van der Waals surface area contributed by atoms with Crippen LogP contribution < -0.4 is 5.56 Å². The van der Waals surface area contributed by atoms with Crippen LogP contribution in [0.2, 0.25) is 0 Å². The van der Waals surface area contributed by atoms with Crippen molar-refractivity contribution in [1.82, 2.24) is 19.5 Å². The highest BCUT2D eigenvalue weighted by molar-refractivity contribution is 6.00. The Morgan fingerprint density at radius 2 is 1.89 bits per heavy atom. The van der Waals surface area contributed by atoms with Gasteiger partial charge in [0.15, 0.2) is 5.65 Å². The first-order chi connectivity index (χ1) is 13.5. The zero-order valence-corrected chi connectivity index (χ0v) is 15.4. The topological polar surface area (TPSA) is 90.7 Å². The summed E-state index contributed by atoms with van der Waals surface area (Å²) >= 11 is 0. The van der Waals surface area contributed by atoms with Crippen molar-refractivity contribution in [3.05, 3.63) is 70.3 Å². The third kappa shape index (κ3) is 2.74. The Morgan fingerprint density at radius 3 is 2.61 bits per heavy atom. The van der Waals surface area contributed by atoms with Crippen LogP contribution >= 0.6 is 0 Å². The molecular weight excluding hydrogens is 356 g/mol. The molecule has 1 amide bonds. The molecule has 0 spiro atoms. The minimum Gasteiger partial charge on any atom is -0.389 e. The number of aromatic nitrogens is 3. The Bertz CT molecular complexity index is 1070. The molecule has 2 aromatic heterocycles. The zero-order chi connectivity index (χ0) is 19.3. The standard InChI is InChI=1S/C21H22N4O3/c26-18-8-9-22-19-17(13-23-25(18)19)20(27)24-15-6-7-16(24)12-21(28,11-15)10-14-4-2-1-3-5-14/h1-5,8-9,13,15-16,23,28H,6-7,10-12H2. The molecule has 0 saturated carbocycles. The highest BCUT2D eigenvalue weighted by Gasteiger charge is 2.49. The average Bonchev–Trinajstić information content (AvgIpc) is 3.23. The van der Waals surface area contributed by atoms with E-state index >= 15 is 0 Å². The molecule has 4 heterocycles. The minimum atomic E-state index is -0.792. The van der Waals surface area contributed by atoms with Gasteiger partial charge in [-0.2, -0.15) is 0 Å². The number of hydrogen-bond donors (Lipinski definition) is 2. The Labute approximate surface area is 161 Å². The summed E-state index contributed by atoms with van der Waals surface area (Å²) in [6.45, 7) is 0. The van der Waals surface area contributed by atoms with E-state index in [0.29, 0.717) is 30.5 Å². The van der Waals surface area contributed by atoms with Gasteiger partial charge in [-0.3, -0.25) is 14.7 Å². The van der Waals surface area contributed by atoms with Gasteiger partial charge in [-0.15, -0.1) is 0 Å². The van der Waals surface area contributed by atoms with Crippen LogP contribution in [0.25, 0.3) is 5.65 Å². The lowest BCUT2D eigenvalue weighted by Gasteiger charge is -2.44. The van der Waals surface area contributed by atoms with E-state index in [-0.39, 0.29) is 23.6 Å². The number of fused-ring (bicyclic) bond motifs is 3. The van der Waals surface area contributed by atoms with Gasteiger partial charge in [-0.05, 0) is 31.2 Å². The summed E-state index contributed by atoms with van der Waals surface area (Å²) in [5, 5.41) is 14.1. The number of amides is 1. The van der Waals surface area contributed by atoms with E-state index in [1.54, 1.807) is 6.20 Å². The molecule has 2 bridgehead atoms. The largest absolute Gasteiger partial charge is 0.389 e. The fourth-order valence-electron chi connectivity index (χ4n) is 4.99. The average molecular weight is 378 g/mol. The highest BCUT2D eigenvalue weighted by Crippen LogP contribution is 2.43.